The minimum absolute atomic E-state index is 0.0614. The number of hydrogen-bond acceptors (Lipinski definition) is 4. The van der Waals surface area contributed by atoms with Gasteiger partial charge in [-0.25, -0.2) is 9.59 Å². The second-order valence-corrected chi connectivity index (χ2v) is 11.1. The minimum Gasteiger partial charge on any atom is -0.352 e. The monoisotopic (exact) mass is 600 g/mol. The van der Waals surface area contributed by atoms with Gasteiger partial charge in [-0.1, -0.05) is 71.9 Å². The van der Waals surface area contributed by atoms with Crippen molar-refractivity contribution >= 4 is 46.6 Å². The van der Waals surface area contributed by atoms with E-state index in [0.29, 0.717) is 47.0 Å². The van der Waals surface area contributed by atoms with Crippen LogP contribution in [0.4, 0.5) is 32.3 Å². The predicted molar refractivity (Wildman–Crippen MR) is 178 cm³/mol. The molecule has 3 aromatic carbocycles. The Kier molecular flexibility index (Phi) is 12.3. The summed E-state index contributed by atoms with van der Waals surface area (Å²) >= 11 is 0. The van der Waals surface area contributed by atoms with E-state index in [9.17, 15) is 19.2 Å². The lowest BCUT2D eigenvalue weighted by Crippen LogP contribution is -2.27. The van der Waals surface area contributed by atoms with E-state index in [1.165, 1.54) is 0 Å². The Morgan fingerprint density at radius 3 is 1.27 bits per heavy atom. The van der Waals surface area contributed by atoms with E-state index in [1.807, 2.05) is 47.6 Å². The summed E-state index contributed by atoms with van der Waals surface area (Å²) < 4.78 is 0. The molecule has 234 valence electrons. The van der Waals surface area contributed by atoms with Crippen molar-refractivity contribution in [2.75, 3.05) is 34.4 Å². The number of anilines is 4. The number of benzene rings is 3. The lowest BCUT2D eigenvalue weighted by atomic mass is 9.92. The number of hydrogen-bond donors (Lipinski definition) is 6. The van der Waals surface area contributed by atoms with Crippen molar-refractivity contribution in [3.63, 3.8) is 0 Å². The van der Waals surface area contributed by atoms with Crippen LogP contribution in [-0.2, 0) is 0 Å². The molecule has 0 radical (unpaired) electrons. The number of amides is 6. The van der Waals surface area contributed by atoms with E-state index < -0.39 is 12.1 Å². The van der Waals surface area contributed by atoms with Crippen molar-refractivity contribution in [2.45, 2.75) is 66.2 Å². The number of urea groups is 2. The van der Waals surface area contributed by atoms with Gasteiger partial charge < -0.3 is 31.9 Å². The third kappa shape index (κ3) is 9.07. The Hall–Kier alpha value is -4.86. The summed E-state index contributed by atoms with van der Waals surface area (Å²) in [6, 6.07) is 16.3. The summed E-state index contributed by atoms with van der Waals surface area (Å²) in [6.45, 7) is 13.1. The smallest absolute Gasteiger partial charge is 0.323 e. The molecule has 44 heavy (non-hydrogen) atoms. The Morgan fingerprint density at radius 2 is 0.909 bits per heavy atom. The second-order valence-electron chi connectivity index (χ2n) is 11.1. The Bertz CT molecular complexity index is 1380. The van der Waals surface area contributed by atoms with Crippen LogP contribution < -0.4 is 31.9 Å². The predicted octanol–water partition coefficient (Wildman–Crippen LogP) is 7.50. The van der Waals surface area contributed by atoms with Gasteiger partial charge in [0.2, 0.25) is 0 Å². The highest BCUT2D eigenvalue weighted by Gasteiger charge is 2.20. The Morgan fingerprint density at radius 1 is 0.545 bits per heavy atom. The van der Waals surface area contributed by atoms with Gasteiger partial charge in [0, 0.05) is 24.5 Å². The molecule has 6 N–H and O–H groups in total. The van der Waals surface area contributed by atoms with E-state index in [2.05, 4.69) is 31.9 Å². The third-order valence-electron chi connectivity index (χ3n) is 6.87. The zero-order valence-electron chi connectivity index (χ0n) is 26.4. The van der Waals surface area contributed by atoms with E-state index in [0.717, 1.165) is 24.0 Å². The molecule has 3 rings (SSSR count). The van der Waals surface area contributed by atoms with E-state index >= 15 is 0 Å². The molecule has 0 aromatic heterocycles. The van der Waals surface area contributed by atoms with Crippen LogP contribution in [-0.4, -0.2) is 37.0 Å². The normalized spacial score (nSPS) is 10.7. The van der Waals surface area contributed by atoms with Crippen LogP contribution in [0.5, 0.6) is 0 Å². The molecule has 0 atom stereocenters. The van der Waals surface area contributed by atoms with Crippen LogP contribution in [0.2, 0.25) is 0 Å². The van der Waals surface area contributed by atoms with Gasteiger partial charge in [-0.2, -0.15) is 0 Å². The van der Waals surface area contributed by atoms with Crippen molar-refractivity contribution in [2.24, 2.45) is 0 Å². The van der Waals surface area contributed by atoms with Gasteiger partial charge in [0.15, 0.2) is 0 Å². The molecule has 0 saturated heterocycles. The zero-order chi connectivity index (χ0) is 32.2. The summed E-state index contributed by atoms with van der Waals surface area (Å²) in [5.74, 6) is -0.416. The topological polar surface area (TPSA) is 140 Å². The number of para-hydroxylation sites is 2. The van der Waals surface area contributed by atoms with Crippen LogP contribution in [0, 0.1) is 0 Å². The lowest BCUT2D eigenvalue weighted by molar-refractivity contribution is 0.0946. The maximum atomic E-state index is 13.2. The van der Waals surface area contributed by atoms with Crippen LogP contribution in [0.25, 0.3) is 0 Å². The van der Waals surface area contributed by atoms with Gasteiger partial charge in [0.05, 0.1) is 22.5 Å². The molecule has 0 unspecified atom stereocenters. The minimum atomic E-state index is -0.526. The highest BCUT2D eigenvalue weighted by molar-refractivity contribution is 6.08. The molecule has 0 heterocycles. The molecule has 0 spiro atoms. The first-order chi connectivity index (χ1) is 21.0. The lowest BCUT2D eigenvalue weighted by Gasteiger charge is -2.22. The van der Waals surface area contributed by atoms with E-state index in [-0.39, 0.29) is 23.7 Å². The van der Waals surface area contributed by atoms with Crippen LogP contribution in [0.15, 0.2) is 60.7 Å². The first-order valence-corrected chi connectivity index (χ1v) is 15.1. The Labute approximate surface area is 259 Å². The average Bonchev–Trinajstić information content (AvgIpc) is 2.98. The molecule has 0 fully saturated rings. The van der Waals surface area contributed by atoms with Gasteiger partial charge in [0.1, 0.15) is 0 Å². The quantitative estimate of drug-likeness (QED) is 0.128. The van der Waals surface area contributed by atoms with E-state index in [1.54, 1.807) is 54.6 Å². The first-order valence-electron chi connectivity index (χ1n) is 15.1. The maximum Gasteiger partial charge on any atom is 0.323 e. The number of rotatable bonds is 12. The van der Waals surface area contributed by atoms with Crippen molar-refractivity contribution < 1.29 is 19.2 Å². The van der Waals surface area contributed by atoms with Gasteiger partial charge in [0.25, 0.3) is 11.8 Å². The third-order valence-corrected chi connectivity index (χ3v) is 6.87. The maximum absolute atomic E-state index is 13.2. The Balaban J connectivity index is 1.87. The van der Waals surface area contributed by atoms with Gasteiger partial charge in [-0.3, -0.25) is 9.59 Å². The van der Waals surface area contributed by atoms with Crippen LogP contribution in [0.3, 0.4) is 0 Å². The second kappa shape index (κ2) is 16.1. The summed E-state index contributed by atoms with van der Waals surface area (Å²) in [5, 5.41) is 17.1. The molecule has 3 aromatic rings. The summed E-state index contributed by atoms with van der Waals surface area (Å²) in [7, 11) is 0. The van der Waals surface area contributed by atoms with Crippen molar-refractivity contribution in [1.29, 1.82) is 0 Å². The molecule has 10 heteroatoms. The number of nitrogens with one attached hydrogen (secondary N) is 6. The molecule has 6 amide bonds. The van der Waals surface area contributed by atoms with E-state index in [4.69, 9.17) is 0 Å². The van der Waals surface area contributed by atoms with Gasteiger partial charge in [-0.05, 0) is 66.1 Å². The molecule has 0 aliphatic rings. The summed E-state index contributed by atoms with van der Waals surface area (Å²) in [6.07, 6.45) is 1.59. The first kappa shape index (κ1) is 33.6. The molecule has 0 aliphatic heterocycles. The zero-order valence-corrected chi connectivity index (χ0v) is 26.4. The molecular formula is C34H44N6O4. The summed E-state index contributed by atoms with van der Waals surface area (Å²) in [4.78, 5) is 51.7. The molecule has 0 saturated carbocycles. The SMILES string of the molecule is CCCNC(=O)c1ccccc1NC(=O)Nc1cc(NC(=O)Nc2ccccc2C(=O)NCCC)c(C(C)C)cc1C(C)C. The standard InChI is InChI=1S/C34H44N6O4/c1-7-17-35-31(41)23-13-9-11-15-27(23)37-33(43)39-29-20-30(26(22(5)6)19-25(29)21(3)4)40-34(44)38-28-16-12-10-14-24(28)32(42)36-18-8-2/h9-16,19-22H,7-8,17-18H2,1-6H3,(H,35,41)(H,36,42)(H2,37,39,43)(H2,38,40,44). The fraction of sp³-hybridized carbons (Fsp3) is 0.353. The highest BCUT2D eigenvalue weighted by Crippen LogP contribution is 2.35. The largest absolute Gasteiger partial charge is 0.352 e. The number of carbonyl (C=O) groups excluding carboxylic acids is 4. The van der Waals surface area contributed by atoms with Gasteiger partial charge in [-0.15, -0.1) is 0 Å². The van der Waals surface area contributed by atoms with Crippen LogP contribution >= 0.6 is 0 Å². The van der Waals surface area contributed by atoms with Crippen molar-refractivity contribution in [3.8, 4) is 0 Å². The molecule has 0 aliphatic carbocycles. The molecular weight excluding hydrogens is 556 g/mol. The van der Waals surface area contributed by atoms with Gasteiger partial charge >= 0.3 is 12.1 Å². The van der Waals surface area contributed by atoms with Crippen LogP contribution in [0.1, 0.15) is 98.1 Å². The highest BCUT2D eigenvalue weighted by atomic mass is 16.2. The summed E-state index contributed by atoms with van der Waals surface area (Å²) in [5.41, 5.74) is 4.29. The average molecular weight is 601 g/mol. The fourth-order valence-corrected chi connectivity index (χ4v) is 4.61. The van der Waals surface area contributed by atoms with Crippen molar-refractivity contribution in [3.05, 3.63) is 82.9 Å². The van der Waals surface area contributed by atoms with Crippen molar-refractivity contribution in [1.82, 2.24) is 10.6 Å². The number of carbonyl (C=O) groups is 4. The molecule has 10 nitrogen and oxygen atoms in total. The fourth-order valence-electron chi connectivity index (χ4n) is 4.61. The molecule has 0 bridgehead atoms.